The van der Waals surface area contributed by atoms with Gasteiger partial charge in [0.1, 0.15) is 0 Å². The summed E-state index contributed by atoms with van der Waals surface area (Å²) in [7, 11) is 0. The third-order valence-electron chi connectivity index (χ3n) is 3.01. The van der Waals surface area contributed by atoms with Gasteiger partial charge in [0.05, 0.1) is 23.0 Å². The van der Waals surface area contributed by atoms with Crippen molar-refractivity contribution in [3.63, 3.8) is 0 Å². The van der Waals surface area contributed by atoms with E-state index in [4.69, 9.17) is 5.26 Å². The smallest absolute Gasteiger partial charge is 0.0991 e. The van der Waals surface area contributed by atoms with Gasteiger partial charge in [-0.2, -0.15) is 15.5 Å². The molecule has 0 N–H and O–H groups in total. The molecule has 0 saturated heterocycles. The maximum Gasteiger partial charge on any atom is 0.0991 e. The summed E-state index contributed by atoms with van der Waals surface area (Å²) in [5.41, 5.74) is 3.60. The molecule has 0 fully saturated rings. The molecule has 0 bridgehead atoms. The van der Waals surface area contributed by atoms with Crippen molar-refractivity contribution in [2.45, 2.75) is 26.2 Å². The first kappa shape index (κ1) is 14.0. The summed E-state index contributed by atoms with van der Waals surface area (Å²) in [4.78, 5) is 0. The molecule has 100 valence electrons. The highest BCUT2D eigenvalue weighted by Crippen LogP contribution is 2.25. The topological polar surface area (TPSA) is 48.5 Å². The minimum Gasteiger partial charge on any atom is -0.192 e. The van der Waals surface area contributed by atoms with E-state index in [1.807, 2.05) is 12.1 Å². The van der Waals surface area contributed by atoms with Gasteiger partial charge in [-0.1, -0.05) is 32.9 Å². The van der Waals surface area contributed by atoms with Gasteiger partial charge in [0, 0.05) is 0 Å². The fourth-order valence-corrected chi connectivity index (χ4v) is 1.75. The van der Waals surface area contributed by atoms with Crippen LogP contribution in [0.15, 0.2) is 58.8 Å². The molecular formula is C17H17N3. The first-order valence-corrected chi connectivity index (χ1v) is 6.51. The second kappa shape index (κ2) is 5.66. The largest absolute Gasteiger partial charge is 0.192 e. The van der Waals surface area contributed by atoms with Crippen LogP contribution in [0.2, 0.25) is 0 Å². The first-order chi connectivity index (χ1) is 9.49. The van der Waals surface area contributed by atoms with Crippen LogP contribution in [0.3, 0.4) is 0 Å². The number of hydrogen-bond donors (Lipinski definition) is 0. The molecule has 0 unspecified atom stereocenters. The minimum absolute atomic E-state index is 0.142. The molecule has 2 rings (SSSR count). The van der Waals surface area contributed by atoms with Crippen LogP contribution in [-0.4, -0.2) is 0 Å². The van der Waals surface area contributed by atoms with E-state index in [0.29, 0.717) is 5.56 Å². The van der Waals surface area contributed by atoms with Crippen LogP contribution in [-0.2, 0) is 5.41 Å². The summed E-state index contributed by atoms with van der Waals surface area (Å²) in [6, 6.07) is 17.2. The Bertz CT molecular complexity index is 639. The van der Waals surface area contributed by atoms with E-state index in [2.05, 4.69) is 49.2 Å². The van der Waals surface area contributed by atoms with E-state index < -0.39 is 0 Å². The molecule has 0 radical (unpaired) electrons. The molecule has 0 spiro atoms. The second-order valence-corrected chi connectivity index (χ2v) is 5.66. The van der Waals surface area contributed by atoms with Gasteiger partial charge < -0.3 is 0 Å². The van der Waals surface area contributed by atoms with Crippen molar-refractivity contribution in [2.75, 3.05) is 0 Å². The van der Waals surface area contributed by atoms with E-state index in [0.717, 1.165) is 11.4 Å². The lowest BCUT2D eigenvalue weighted by Crippen LogP contribution is -2.10. The van der Waals surface area contributed by atoms with Crippen LogP contribution in [0.1, 0.15) is 31.9 Å². The average Bonchev–Trinajstić information content (AvgIpc) is 2.45. The molecule has 0 amide bonds. The van der Waals surface area contributed by atoms with Gasteiger partial charge >= 0.3 is 0 Å². The highest BCUT2D eigenvalue weighted by molar-refractivity contribution is 5.44. The van der Waals surface area contributed by atoms with Crippen LogP contribution in [0.25, 0.3) is 0 Å². The van der Waals surface area contributed by atoms with Crippen LogP contribution in [0, 0.1) is 11.3 Å². The van der Waals surface area contributed by atoms with E-state index in [1.165, 1.54) is 5.56 Å². The summed E-state index contributed by atoms with van der Waals surface area (Å²) in [6.45, 7) is 6.54. The van der Waals surface area contributed by atoms with Crippen LogP contribution in [0.4, 0.5) is 11.4 Å². The molecule has 20 heavy (non-hydrogen) atoms. The molecule has 0 heterocycles. The Morgan fingerprint density at radius 2 is 1.25 bits per heavy atom. The Morgan fingerprint density at radius 1 is 0.800 bits per heavy atom. The molecule has 0 aliphatic rings. The molecule has 0 aromatic heterocycles. The minimum atomic E-state index is 0.142. The van der Waals surface area contributed by atoms with Crippen molar-refractivity contribution in [2.24, 2.45) is 10.2 Å². The molecule has 2 aromatic rings. The predicted molar refractivity (Wildman–Crippen MR) is 80.5 cm³/mol. The summed E-state index contributed by atoms with van der Waals surface area (Å²) in [6.07, 6.45) is 0. The number of nitriles is 1. The van der Waals surface area contributed by atoms with Crippen LogP contribution >= 0.6 is 0 Å². The van der Waals surface area contributed by atoms with Crippen LogP contribution < -0.4 is 0 Å². The summed E-state index contributed by atoms with van der Waals surface area (Å²) in [5.74, 6) is 0. The molecule has 3 nitrogen and oxygen atoms in total. The summed E-state index contributed by atoms with van der Waals surface area (Å²) < 4.78 is 0. The first-order valence-electron chi connectivity index (χ1n) is 6.51. The number of benzene rings is 2. The van der Waals surface area contributed by atoms with Crippen molar-refractivity contribution >= 4 is 11.4 Å². The van der Waals surface area contributed by atoms with Gasteiger partial charge in [0.2, 0.25) is 0 Å². The molecule has 0 aliphatic carbocycles. The molecule has 0 aliphatic heterocycles. The third-order valence-corrected chi connectivity index (χ3v) is 3.01. The van der Waals surface area contributed by atoms with Gasteiger partial charge in [0.25, 0.3) is 0 Å². The van der Waals surface area contributed by atoms with Gasteiger partial charge in [-0.15, -0.1) is 0 Å². The molecule has 3 heteroatoms. The lowest BCUT2D eigenvalue weighted by Gasteiger charge is -2.18. The Kier molecular flexibility index (Phi) is 3.95. The number of azo groups is 1. The van der Waals surface area contributed by atoms with Gasteiger partial charge in [-0.25, -0.2) is 0 Å². The maximum absolute atomic E-state index is 8.72. The normalized spacial score (nSPS) is 11.5. The Labute approximate surface area is 119 Å². The Morgan fingerprint density at radius 3 is 1.65 bits per heavy atom. The van der Waals surface area contributed by atoms with Crippen molar-refractivity contribution in [3.8, 4) is 6.07 Å². The quantitative estimate of drug-likeness (QED) is 0.681. The standard InChI is InChI=1S/C17H17N3/c1-17(2,3)14-6-10-16(11-7-14)20-19-15-8-4-13(12-18)5-9-15/h4-11H,1-3H3. The molecular weight excluding hydrogens is 246 g/mol. The summed E-state index contributed by atoms with van der Waals surface area (Å²) in [5, 5.41) is 17.1. The van der Waals surface area contributed by atoms with Gasteiger partial charge in [-0.3, -0.25) is 0 Å². The number of rotatable bonds is 2. The van der Waals surface area contributed by atoms with E-state index >= 15 is 0 Å². The zero-order valence-electron chi connectivity index (χ0n) is 12.0. The molecule has 2 aromatic carbocycles. The van der Waals surface area contributed by atoms with E-state index in [1.54, 1.807) is 24.3 Å². The predicted octanol–water partition coefficient (Wildman–Crippen LogP) is 5.27. The Balaban J connectivity index is 2.13. The SMILES string of the molecule is CC(C)(C)c1ccc(N=Nc2ccc(C#N)cc2)cc1. The lowest BCUT2D eigenvalue weighted by atomic mass is 9.87. The second-order valence-electron chi connectivity index (χ2n) is 5.66. The van der Waals surface area contributed by atoms with Crippen LogP contribution in [0.5, 0.6) is 0 Å². The fraction of sp³-hybridized carbons (Fsp3) is 0.235. The maximum atomic E-state index is 8.72. The van der Waals surface area contributed by atoms with E-state index in [-0.39, 0.29) is 5.41 Å². The van der Waals surface area contributed by atoms with Crippen molar-refractivity contribution in [1.29, 1.82) is 5.26 Å². The van der Waals surface area contributed by atoms with Gasteiger partial charge in [-0.05, 0) is 47.4 Å². The number of nitrogens with zero attached hydrogens (tertiary/aromatic N) is 3. The lowest BCUT2D eigenvalue weighted by molar-refractivity contribution is 0.590. The average molecular weight is 263 g/mol. The fourth-order valence-electron chi connectivity index (χ4n) is 1.75. The van der Waals surface area contributed by atoms with E-state index in [9.17, 15) is 0 Å². The highest BCUT2D eigenvalue weighted by Gasteiger charge is 2.12. The summed E-state index contributed by atoms with van der Waals surface area (Å²) >= 11 is 0. The zero-order valence-corrected chi connectivity index (χ0v) is 12.0. The third kappa shape index (κ3) is 3.52. The van der Waals surface area contributed by atoms with Gasteiger partial charge in [0.15, 0.2) is 0 Å². The van der Waals surface area contributed by atoms with Crippen molar-refractivity contribution in [1.82, 2.24) is 0 Å². The highest BCUT2D eigenvalue weighted by atomic mass is 15.1. The number of hydrogen-bond acceptors (Lipinski definition) is 3. The monoisotopic (exact) mass is 263 g/mol. The zero-order chi connectivity index (χ0) is 14.6. The van der Waals surface area contributed by atoms with Crippen molar-refractivity contribution in [3.05, 3.63) is 59.7 Å². The van der Waals surface area contributed by atoms with Crippen molar-refractivity contribution < 1.29 is 0 Å². The Hall–Kier alpha value is -2.47. The molecule has 0 atom stereocenters. The molecule has 0 saturated carbocycles.